The number of methoxy groups -OCH3 is 2. The van der Waals surface area contributed by atoms with Gasteiger partial charge in [0.2, 0.25) is 0 Å². The number of hydrogen-bond acceptors (Lipinski definition) is 6. The van der Waals surface area contributed by atoms with E-state index in [1.54, 1.807) is 32.4 Å². The summed E-state index contributed by atoms with van der Waals surface area (Å²) < 4.78 is 10.7. The summed E-state index contributed by atoms with van der Waals surface area (Å²) in [6, 6.07) is 21.6. The number of ketones is 1. The van der Waals surface area contributed by atoms with E-state index in [1.165, 1.54) is 16.2 Å². The first kappa shape index (κ1) is 22.7. The Morgan fingerprint density at radius 2 is 1.71 bits per heavy atom. The van der Waals surface area contributed by atoms with E-state index >= 15 is 0 Å². The predicted molar refractivity (Wildman–Crippen MR) is 136 cm³/mol. The molecule has 1 saturated heterocycles. The number of fused-ring (bicyclic) bond motifs is 1. The van der Waals surface area contributed by atoms with Crippen LogP contribution in [0.25, 0.3) is 16.5 Å². The highest BCUT2D eigenvalue weighted by molar-refractivity contribution is 7.10. The Morgan fingerprint density at radius 1 is 0.943 bits per heavy atom. The van der Waals surface area contributed by atoms with Crippen molar-refractivity contribution in [3.63, 3.8) is 0 Å². The van der Waals surface area contributed by atoms with Gasteiger partial charge in [-0.15, -0.1) is 11.3 Å². The number of carbonyl (C=O) groups excluding carboxylic acids is 2. The molecule has 0 radical (unpaired) electrons. The molecule has 1 N–H and O–H groups in total. The third-order valence-corrected chi connectivity index (χ3v) is 7.12. The van der Waals surface area contributed by atoms with Crippen LogP contribution in [0.3, 0.4) is 0 Å². The van der Waals surface area contributed by atoms with Crippen molar-refractivity contribution in [1.29, 1.82) is 0 Å². The molecule has 1 unspecified atom stereocenters. The van der Waals surface area contributed by atoms with Gasteiger partial charge in [-0.25, -0.2) is 0 Å². The summed E-state index contributed by atoms with van der Waals surface area (Å²) in [6.45, 7) is 0.166. The molecular formula is C28H23NO5S. The van der Waals surface area contributed by atoms with Crippen LogP contribution in [-0.4, -0.2) is 35.9 Å². The number of benzene rings is 3. The highest BCUT2D eigenvalue weighted by atomic mass is 32.1. The second-order valence-electron chi connectivity index (χ2n) is 8.16. The fraction of sp³-hybridized carbons (Fsp3) is 0.143. The number of aliphatic hydroxyl groups is 1. The van der Waals surface area contributed by atoms with E-state index < -0.39 is 17.7 Å². The molecule has 1 fully saturated rings. The summed E-state index contributed by atoms with van der Waals surface area (Å²) >= 11 is 1.44. The number of aliphatic hydroxyl groups excluding tert-OH is 1. The average Bonchev–Trinajstić information content (AvgIpc) is 3.50. The first-order valence-electron chi connectivity index (χ1n) is 11.0. The Hall–Kier alpha value is -4.10. The molecule has 4 aromatic rings. The lowest BCUT2D eigenvalue weighted by atomic mass is 9.96. The zero-order chi connectivity index (χ0) is 24.5. The van der Waals surface area contributed by atoms with Crippen LogP contribution in [0.1, 0.15) is 22.0 Å². The molecule has 1 aliphatic heterocycles. The first-order valence-corrected chi connectivity index (χ1v) is 11.9. The SMILES string of the molecule is COc1ccc(CN2C(=O)C(=O)/C(=C(\O)c3cccc4ccccc34)C2c2cccs2)cc1OC. The van der Waals surface area contributed by atoms with Crippen LogP contribution in [0.2, 0.25) is 0 Å². The molecule has 0 aliphatic carbocycles. The molecule has 5 rings (SSSR count). The summed E-state index contributed by atoms with van der Waals surface area (Å²) in [6.07, 6.45) is 0. The molecule has 6 nitrogen and oxygen atoms in total. The number of ether oxygens (including phenoxy) is 2. The van der Waals surface area contributed by atoms with Crippen LogP contribution >= 0.6 is 11.3 Å². The molecule has 0 bridgehead atoms. The van der Waals surface area contributed by atoms with Crippen molar-refractivity contribution in [3.05, 3.63) is 99.8 Å². The normalized spacial score (nSPS) is 17.2. The smallest absolute Gasteiger partial charge is 0.295 e. The van der Waals surface area contributed by atoms with E-state index in [0.29, 0.717) is 17.1 Å². The molecule has 1 atom stereocenters. The minimum Gasteiger partial charge on any atom is -0.507 e. The van der Waals surface area contributed by atoms with Crippen molar-refractivity contribution >= 4 is 39.6 Å². The second-order valence-corrected chi connectivity index (χ2v) is 9.14. The number of nitrogens with zero attached hydrogens (tertiary/aromatic N) is 1. The molecule has 1 aliphatic rings. The number of thiophene rings is 1. The van der Waals surface area contributed by atoms with E-state index in [1.807, 2.05) is 60.0 Å². The van der Waals surface area contributed by atoms with Gasteiger partial charge in [-0.1, -0.05) is 54.6 Å². The van der Waals surface area contributed by atoms with Crippen LogP contribution in [0, 0.1) is 0 Å². The molecule has 2 heterocycles. The van der Waals surface area contributed by atoms with Gasteiger partial charge in [0.15, 0.2) is 11.5 Å². The first-order chi connectivity index (χ1) is 17.0. The molecule has 1 amide bonds. The lowest BCUT2D eigenvalue weighted by Gasteiger charge is -2.24. The maximum Gasteiger partial charge on any atom is 0.295 e. The Morgan fingerprint density at radius 3 is 2.46 bits per heavy atom. The molecule has 176 valence electrons. The van der Waals surface area contributed by atoms with Gasteiger partial charge in [0, 0.05) is 17.0 Å². The molecule has 7 heteroatoms. The number of rotatable bonds is 6. The van der Waals surface area contributed by atoms with Gasteiger partial charge in [-0.05, 0) is 39.9 Å². The zero-order valence-electron chi connectivity index (χ0n) is 19.2. The summed E-state index contributed by atoms with van der Waals surface area (Å²) in [4.78, 5) is 28.9. The molecule has 1 aromatic heterocycles. The minimum absolute atomic E-state index is 0.0919. The summed E-state index contributed by atoms with van der Waals surface area (Å²) in [7, 11) is 3.10. The number of amides is 1. The van der Waals surface area contributed by atoms with Gasteiger partial charge in [-0.2, -0.15) is 0 Å². The number of likely N-dealkylation sites (tertiary alicyclic amines) is 1. The van der Waals surface area contributed by atoms with E-state index in [-0.39, 0.29) is 17.9 Å². The number of carbonyl (C=O) groups is 2. The van der Waals surface area contributed by atoms with Crippen LogP contribution < -0.4 is 9.47 Å². The van der Waals surface area contributed by atoms with Crippen LogP contribution in [0.15, 0.2) is 83.7 Å². The van der Waals surface area contributed by atoms with Gasteiger partial charge in [0.1, 0.15) is 5.76 Å². The summed E-state index contributed by atoms with van der Waals surface area (Å²) in [5.41, 5.74) is 1.39. The second kappa shape index (κ2) is 9.27. The lowest BCUT2D eigenvalue weighted by Crippen LogP contribution is -2.28. The average molecular weight is 486 g/mol. The quantitative estimate of drug-likeness (QED) is 0.220. The Labute approximate surface area is 206 Å². The monoisotopic (exact) mass is 485 g/mol. The summed E-state index contributed by atoms with van der Waals surface area (Å²) in [5.74, 6) is -0.420. The number of Topliss-reactive ketones (excluding diaryl/α,β-unsaturated/α-hetero) is 1. The Balaban J connectivity index is 1.64. The molecular weight excluding hydrogens is 462 g/mol. The van der Waals surface area contributed by atoms with Crippen molar-refractivity contribution in [2.24, 2.45) is 0 Å². The molecule has 35 heavy (non-hydrogen) atoms. The van der Waals surface area contributed by atoms with Crippen molar-refractivity contribution in [3.8, 4) is 11.5 Å². The van der Waals surface area contributed by atoms with Crippen molar-refractivity contribution in [2.75, 3.05) is 14.2 Å². The maximum atomic E-state index is 13.3. The lowest BCUT2D eigenvalue weighted by molar-refractivity contribution is -0.140. The van der Waals surface area contributed by atoms with Gasteiger partial charge < -0.3 is 19.5 Å². The minimum atomic E-state index is -0.706. The highest BCUT2D eigenvalue weighted by Gasteiger charge is 2.46. The predicted octanol–water partition coefficient (Wildman–Crippen LogP) is 5.54. The largest absolute Gasteiger partial charge is 0.507 e. The summed E-state index contributed by atoms with van der Waals surface area (Å²) in [5, 5.41) is 15.1. The van der Waals surface area contributed by atoms with Crippen LogP contribution in [-0.2, 0) is 16.1 Å². The standard InChI is InChI=1S/C28H23NO5S/c1-33-21-13-12-17(15-22(21)34-2)16-29-25(23-11-6-14-35-23)24(27(31)28(29)32)26(30)20-10-5-8-18-7-3-4-9-19(18)20/h3-15,25,30H,16H2,1-2H3/b26-24-. The molecule has 0 saturated carbocycles. The molecule has 3 aromatic carbocycles. The van der Waals surface area contributed by atoms with Crippen molar-refractivity contribution < 1.29 is 24.2 Å². The van der Waals surface area contributed by atoms with Crippen molar-refractivity contribution in [1.82, 2.24) is 4.90 Å². The Kier molecular flexibility index (Phi) is 6.01. The molecule has 0 spiro atoms. The third-order valence-electron chi connectivity index (χ3n) is 6.20. The van der Waals surface area contributed by atoms with E-state index in [2.05, 4.69) is 0 Å². The fourth-order valence-electron chi connectivity index (χ4n) is 4.54. The number of hydrogen-bond donors (Lipinski definition) is 1. The van der Waals surface area contributed by atoms with Gasteiger partial charge in [0.25, 0.3) is 11.7 Å². The van der Waals surface area contributed by atoms with Gasteiger partial charge in [-0.3, -0.25) is 9.59 Å². The van der Waals surface area contributed by atoms with Gasteiger partial charge >= 0.3 is 0 Å². The topological polar surface area (TPSA) is 76.1 Å². The van der Waals surface area contributed by atoms with E-state index in [4.69, 9.17) is 9.47 Å². The fourth-order valence-corrected chi connectivity index (χ4v) is 5.38. The van der Waals surface area contributed by atoms with E-state index in [9.17, 15) is 14.7 Å². The maximum absolute atomic E-state index is 13.3. The highest BCUT2D eigenvalue weighted by Crippen LogP contribution is 2.43. The zero-order valence-corrected chi connectivity index (χ0v) is 20.0. The van der Waals surface area contributed by atoms with Gasteiger partial charge in [0.05, 0.1) is 25.8 Å². The van der Waals surface area contributed by atoms with Crippen molar-refractivity contribution in [2.45, 2.75) is 12.6 Å². The Bertz CT molecular complexity index is 1450. The van der Waals surface area contributed by atoms with Crippen LogP contribution in [0.4, 0.5) is 0 Å². The van der Waals surface area contributed by atoms with E-state index in [0.717, 1.165) is 21.2 Å². The third kappa shape index (κ3) is 3.94. The van der Waals surface area contributed by atoms with Crippen LogP contribution in [0.5, 0.6) is 11.5 Å².